The summed E-state index contributed by atoms with van der Waals surface area (Å²) in [6.07, 6.45) is 1.67. The lowest BCUT2D eigenvalue weighted by Gasteiger charge is -2.22. The van der Waals surface area contributed by atoms with Gasteiger partial charge in [0.1, 0.15) is 0 Å². The molecule has 0 radical (unpaired) electrons. The van der Waals surface area contributed by atoms with Crippen molar-refractivity contribution >= 4 is 56.4 Å². The van der Waals surface area contributed by atoms with Crippen molar-refractivity contribution in [1.82, 2.24) is 4.90 Å². The van der Waals surface area contributed by atoms with Crippen LogP contribution < -0.4 is 9.62 Å². The van der Waals surface area contributed by atoms with Crippen LogP contribution in [0.25, 0.3) is 0 Å². The zero-order valence-corrected chi connectivity index (χ0v) is 19.0. The van der Waals surface area contributed by atoms with E-state index in [-0.39, 0.29) is 18.5 Å². The fourth-order valence-electron chi connectivity index (χ4n) is 3.54. The number of likely N-dealkylation sites (N-methyl/N-ethyl adjacent to an activating group) is 1. The molecule has 0 saturated heterocycles. The summed E-state index contributed by atoms with van der Waals surface area (Å²) in [7, 11) is -1.90. The van der Waals surface area contributed by atoms with Crippen LogP contribution in [-0.2, 0) is 21.2 Å². The van der Waals surface area contributed by atoms with E-state index in [4.69, 9.17) is 23.2 Å². The Hall–Kier alpha value is -2.29. The van der Waals surface area contributed by atoms with E-state index in [0.717, 1.165) is 11.8 Å². The Morgan fingerprint density at radius 2 is 1.83 bits per heavy atom. The van der Waals surface area contributed by atoms with Crippen molar-refractivity contribution in [2.75, 3.05) is 29.5 Å². The third-order valence-electron chi connectivity index (χ3n) is 4.79. The molecule has 3 rings (SSSR count). The van der Waals surface area contributed by atoms with Gasteiger partial charge in [-0.3, -0.25) is 13.9 Å². The Bertz CT molecular complexity index is 1100. The normalized spacial score (nSPS) is 15.6. The monoisotopic (exact) mass is 469 g/mol. The van der Waals surface area contributed by atoms with Gasteiger partial charge in [0.25, 0.3) is 5.91 Å². The number of para-hydroxylation sites is 1. The number of carbonyl (C=O) groups excluding carboxylic acids is 2. The van der Waals surface area contributed by atoms with Gasteiger partial charge in [0.15, 0.2) is 0 Å². The summed E-state index contributed by atoms with van der Waals surface area (Å²) in [5.41, 5.74) is 2.02. The van der Waals surface area contributed by atoms with E-state index in [1.54, 1.807) is 36.4 Å². The minimum Gasteiger partial charge on any atom is -0.332 e. The second-order valence-corrected chi connectivity index (χ2v) is 9.94. The summed E-state index contributed by atoms with van der Waals surface area (Å²) >= 11 is 12.1. The van der Waals surface area contributed by atoms with Gasteiger partial charge in [-0.25, -0.2) is 8.42 Å². The molecule has 0 spiro atoms. The number of halogens is 2. The number of nitrogens with zero attached hydrogens (tertiary/aromatic N) is 2. The summed E-state index contributed by atoms with van der Waals surface area (Å²) in [6.45, 7) is 1.61. The lowest BCUT2D eigenvalue weighted by atomic mass is 10.1. The Labute approximate surface area is 185 Å². The van der Waals surface area contributed by atoms with Gasteiger partial charge >= 0.3 is 0 Å². The van der Waals surface area contributed by atoms with Crippen LogP contribution in [0.5, 0.6) is 0 Å². The molecule has 2 aromatic rings. The molecule has 30 heavy (non-hydrogen) atoms. The lowest BCUT2D eigenvalue weighted by molar-refractivity contribution is -0.116. The van der Waals surface area contributed by atoms with Crippen LogP contribution in [0.4, 0.5) is 11.4 Å². The maximum Gasteiger partial charge on any atom is 0.254 e. The molecule has 2 aromatic carbocycles. The quantitative estimate of drug-likeness (QED) is 0.726. The molecule has 0 aromatic heterocycles. The third-order valence-corrected chi connectivity index (χ3v) is 6.69. The number of hydrogen-bond donors (Lipinski definition) is 1. The van der Waals surface area contributed by atoms with E-state index in [9.17, 15) is 18.0 Å². The third kappa shape index (κ3) is 4.55. The number of benzene rings is 2. The van der Waals surface area contributed by atoms with Gasteiger partial charge in [-0.2, -0.15) is 0 Å². The molecule has 10 heteroatoms. The Morgan fingerprint density at radius 3 is 2.43 bits per heavy atom. The van der Waals surface area contributed by atoms with Crippen LogP contribution in [0.3, 0.4) is 0 Å². The summed E-state index contributed by atoms with van der Waals surface area (Å²) in [5.74, 6) is -0.803. The van der Waals surface area contributed by atoms with E-state index in [2.05, 4.69) is 5.32 Å². The molecule has 1 aliphatic heterocycles. The van der Waals surface area contributed by atoms with Crippen molar-refractivity contribution in [3.63, 3.8) is 0 Å². The average Bonchev–Trinajstić information content (AvgIpc) is 2.99. The first kappa shape index (κ1) is 22.4. The van der Waals surface area contributed by atoms with Gasteiger partial charge in [0.05, 0.1) is 34.2 Å². The second kappa shape index (κ2) is 8.45. The predicted octanol–water partition coefficient (Wildman–Crippen LogP) is 3.41. The first-order valence-electron chi connectivity index (χ1n) is 9.10. The first-order valence-corrected chi connectivity index (χ1v) is 11.7. The maximum atomic E-state index is 12.8. The molecule has 0 fully saturated rings. The fourth-order valence-corrected chi connectivity index (χ4v) is 5.30. The van der Waals surface area contributed by atoms with E-state index in [0.29, 0.717) is 33.4 Å². The van der Waals surface area contributed by atoms with Crippen LogP contribution in [0.2, 0.25) is 10.0 Å². The van der Waals surface area contributed by atoms with Crippen LogP contribution in [-0.4, -0.2) is 51.0 Å². The molecule has 0 bridgehead atoms. The predicted molar refractivity (Wildman–Crippen MR) is 119 cm³/mol. The molecule has 0 unspecified atom stereocenters. The highest BCUT2D eigenvalue weighted by molar-refractivity contribution is 7.92. The van der Waals surface area contributed by atoms with Crippen LogP contribution in [0, 0.1) is 0 Å². The minimum atomic E-state index is -3.40. The smallest absolute Gasteiger partial charge is 0.254 e. The molecule has 0 aliphatic carbocycles. The fraction of sp³-hybridized carbons (Fsp3) is 0.300. The number of nitrogens with one attached hydrogen (secondary N) is 1. The van der Waals surface area contributed by atoms with Crippen molar-refractivity contribution < 1.29 is 18.0 Å². The Morgan fingerprint density at radius 1 is 1.20 bits per heavy atom. The van der Waals surface area contributed by atoms with Crippen LogP contribution >= 0.6 is 23.2 Å². The van der Waals surface area contributed by atoms with Crippen molar-refractivity contribution in [3.05, 3.63) is 57.6 Å². The molecule has 2 amide bonds. The van der Waals surface area contributed by atoms with Crippen LogP contribution in [0.15, 0.2) is 36.4 Å². The van der Waals surface area contributed by atoms with E-state index in [1.165, 1.54) is 16.3 Å². The highest BCUT2D eigenvalue weighted by Gasteiger charge is 2.33. The standard InChI is InChI=1S/C20H21Cl2N3O4S/c1-12-9-14-10-13(7-8-17(14)25(12)30(3,28)29)20(27)24(2)11-18(26)23-19-15(21)5-4-6-16(19)22/h4-8,10,12H,9,11H2,1-3H3,(H,23,26)/t12-/m0/s1. The summed E-state index contributed by atoms with van der Waals surface area (Å²) in [6, 6.07) is 9.52. The number of anilines is 2. The molecule has 1 atom stereocenters. The number of sulfonamides is 1. The molecule has 160 valence electrons. The molecule has 1 heterocycles. The number of amides is 2. The first-order chi connectivity index (χ1) is 14.0. The number of hydrogen-bond acceptors (Lipinski definition) is 4. The van der Waals surface area contributed by atoms with Crippen molar-refractivity contribution in [2.24, 2.45) is 0 Å². The lowest BCUT2D eigenvalue weighted by Crippen LogP contribution is -2.35. The Balaban J connectivity index is 1.73. The number of rotatable bonds is 5. The second-order valence-electron chi connectivity index (χ2n) is 7.26. The van der Waals surface area contributed by atoms with Gasteiger partial charge in [-0.15, -0.1) is 0 Å². The van der Waals surface area contributed by atoms with Gasteiger partial charge < -0.3 is 10.2 Å². The molecule has 1 aliphatic rings. The van der Waals surface area contributed by atoms with Gasteiger partial charge in [-0.1, -0.05) is 29.3 Å². The average molecular weight is 470 g/mol. The minimum absolute atomic E-state index is 0.205. The molecular formula is C20H21Cl2N3O4S. The molecule has 7 nitrogen and oxygen atoms in total. The summed E-state index contributed by atoms with van der Waals surface area (Å²) in [5, 5.41) is 3.21. The number of fused-ring (bicyclic) bond motifs is 1. The van der Waals surface area contributed by atoms with E-state index < -0.39 is 15.9 Å². The highest BCUT2D eigenvalue weighted by atomic mass is 35.5. The van der Waals surface area contributed by atoms with Crippen molar-refractivity contribution in [2.45, 2.75) is 19.4 Å². The topological polar surface area (TPSA) is 86.8 Å². The molecule has 0 saturated carbocycles. The van der Waals surface area contributed by atoms with Gasteiger partial charge in [0.2, 0.25) is 15.9 Å². The zero-order valence-electron chi connectivity index (χ0n) is 16.6. The molecule has 1 N–H and O–H groups in total. The van der Waals surface area contributed by atoms with Crippen molar-refractivity contribution in [1.29, 1.82) is 0 Å². The largest absolute Gasteiger partial charge is 0.332 e. The zero-order chi connectivity index (χ0) is 22.2. The Kier molecular flexibility index (Phi) is 6.31. The van der Waals surface area contributed by atoms with Gasteiger partial charge in [0, 0.05) is 18.7 Å². The molecular weight excluding hydrogens is 449 g/mol. The highest BCUT2D eigenvalue weighted by Crippen LogP contribution is 2.35. The SMILES string of the molecule is C[C@H]1Cc2cc(C(=O)N(C)CC(=O)Nc3c(Cl)cccc3Cl)ccc2N1S(C)(=O)=O. The van der Waals surface area contributed by atoms with Gasteiger partial charge in [-0.05, 0) is 49.2 Å². The van der Waals surface area contributed by atoms with E-state index >= 15 is 0 Å². The van der Waals surface area contributed by atoms with E-state index in [1.807, 2.05) is 6.92 Å². The number of carbonyl (C=O) groups is 2. The summed E-state index contributed by atoms with van der Waals surface area (Å²) in [4.78, 5) is 26.4. The maximum absolute atomic E-state index is 12.8. The summed E-state index contributed by atoms with van der Waals surface area (Å²) < 4.78 is 25.4. The van der Waals surface area contributed by atoms with Crippen LogP contribution in [0.1, 0.15) is 22.8 Å². The van der Waals surface area contributed by atoms with Crippen molar-refractivity contribution in [3.8, 4) is 0 Å².